The fourth-order valence-electron chi connectivity index (χ4n) is 1.97. The molecule has 1 aromatic rings. The lowest BCUT2D eigenvalue weighted by Gasteiger charge is -2.22. The van der Waals surface area contributed by atoms with Gasteiger partial charge in [-0.2, -0.15) is 0 Å². The topological polar surface area (TPSA) is 57.6 Å². The number of amides is 1. The van der Waals surface area contributed by atoms with Crippen molar-refractivity contribution < 1.29 is 14.7 Å². The third-order valence-corrected chi connectivity index (χ3v) is 3.08. The smallest absolute Gasteiger partial charge is 0.303 e. The summed E-state index contributed by atoms with van der Waals surface area (Å²) in [6.07, 6.45) is 0.670. The number of benzene rings is 1. The SMILES string of the molecule is CC(C)c1ccccc1N(C)C(=O)CCCC(=O)O. The van der Waals surface area contributed by atoms with Crippen LogP contribution in [0.2, 0.25) is 0 Å². The number of carboxylic acids is 1. The molecule has 104 valence electrons. The number of para-hydroxylation sites is 1. The molecule has 0 atom stereocenters. The van der Waals surface area contributed by atoms with Crippen LogP contribution >= 0.6 is 0 Å². The van der Waals surface area contributed by atoms with E-state index in [2.05, 4.69) is 13.8 Å². The molecule has 0 aliphatic carbocycles. The largest absolute Gasteiger partial charge is 0.481 e. The zero-order valence-corrected chi connectivity index (χ0v) is 11.7. The van der Waals surface area contributed by atoms with Gasteiger partial charge in [-0.3, -0.25) is 9.59 Å². The average molecular weight is 263 g/mol. The number of hydrogen-bond acceptors (Lipinski definition) is 2. The highest BCUT2D eigenvalue weighted by Crippen LogP contribution is 2.26. The molecule has 1 amide bonds. The van der Waals surface area contributed by atoms with E-state index in [0.29, 0.717) is 12.3 Å². The van der Waals surface area contributed by atoms with Gasteiger partial charge in [-0.05, 0) is 24.0 Å². The average Bonchev–Trinajstić information content (AvgIpc) is 2.37. The van der Waals surface area contributed by atoms with Crippen molar-refractivity contribution in [3.8, 4) is 0 Å². The van der Waals surface area contributed by atoms with Gasteiger partial charge in [0.25, 0.3) is 0 Å². The molecular weight excluding hydrogens is 242 g/mol. The number of carbonyl (C=O) groups is 2. The van der Waals surface area contributed by atoms with Crippen LogP contribution in [0.3, 0.4) is 0 Å². The Bertz CT molecular complexity index is 454. The van der Waals surface area contributed by atoms with Crippen LogP contribution in [0, 0.1) is 0 Å². The van der Waals surface area contributed by atoms with Crippen molar-refractivity contribution in [3.05, 3.63) is 29.8 Å². The number of hydrogen-bond donors (Lipinski definition) is 1. The Kier molecular flexibility index (Phi) is 5.55. The van der Waals surface area contributed by atoms with Crippen LogP contribution in [0.25, 0.3) is 0 Å². The maximum absolute atomic E-state index is 12.0. The minimum Gasteiger partial charge on any atom is -0.481 e. The Labute approximate surface area is 114 Å². The van der Waals surface area contributed by atoms with Gasteiger partial charge >= 0.3 is 5.97 Å². The third-order valence-electron chi connectivity index (χ3n) is 3.08. The van der Waals surface area contributed by atoms with E-state index in [4.69, 9.17) is 5.11 Å². The van der Waals surface area contributed by atoms with Gasteiger partial charge in [0.15, 0.2) is 0 Å². The van der Waals surface area contributed by atoms with Gasteiger partial charge < -0.3 is 10.0 Å². The Balaban J connectivity index is 2.74. The zero-order chi connectivity index (χ0) is 14.4. The van der Waals surface area contributed by atoms with Gasteiger partial charge in [-0.1, -0.05) is 32.0 Å². The Morgan fingerprint density at radius 1 is 1.21 bits per heavy atom. The quantitative estimate of drug-likeness (QED) is 0.858. The molecule has 4 nitrogen and oxygen atoms in total. The van der Waals surface area contributed by atoms with Crippen LogP contribution in [-0.2, 0) is 9.59 Å². The lowest BCUT2D eigenvalue weighted by molar-refractivity contribution is -0.137. The van der Waals surface area contributed by atoms with Crippen LogP contribution in [0.4, 0.5) is 5.69 Å². The Hall–Kier alpha value is -1.84. The first kappa shape index (κ1) is 15.2. The predicted molar refractivity (Wildman–Crippen MR) is 75.4 cm³/mol. The molecule has 1 aromatic carbocycles. The maximum atomic E-state index is 12.0. The number of carbonyl (C=O) groups excluding carboxylic acids is 1. The molecule has 1 N–H and O–H groups in total. The fraction of sp³-hybridized carbons (Fsp3) is 0.467. The van der Waals surface area contributed by atoms with Crippen molar-refractivity contribution >= 4 is 17.6 Å². The highest BCUT2D eigenvalue weighted by atomic mass is 16.4. The summed E-state index contributed by atoms with van der Waals surface area (Å²) in [6, 6.07) is 7.80. The van der Waals surface area contributed by atoms with E-state index >= 15 is 0 Å². The van der Waals surface area contributed by atoms with Crippen LogP contribution in [0.1, 0.15) is 44.6 Å². The van der Waals surface area contributed by atoms with Crippen molar-refractivity contribution in [2.45, 2.75) is 39.0 Å². The number of aliphatic carboxylic acids is 1. The van der Waals surface area contributed by atoms with Crippen molar-refractivity contribution in [1.82, 2.24) is 0 Å². The molecule has 0 aromatic heterocycles. The summed E-state index contributed by atoms with van der Waals surface area (Å²) in [5.41, 5.74) is 2.02. The zero-order valence-electron chi connectivity index (χ0n) is 11.7. The third kappa shape index (κ3) is 4.39. The van der Waals surface area contributed by atoms with Gasteiger partial charge in [0.05, 0.1) is 0 Å². The highest BCUT2D eigenvalue weighted by Gasteiger charge is 2.15. The van der Waals surface area contributed by atoms with Crippen molar-refractivity contribution in [2.24, 2.45) is 0 Å². The number of nitrogens with zero attached hydrogens (tertiary/aromatic N) is 1. The van der Waals surface area contributed by atoms with E-state index in [0.717, 1.165) is 11.3 Å². The molecule has 1 rings (SSSR count). The summed E-state index contributed by atoms with van der Waals surface area (Å²) in [7, 11) is 1.74. The van der Waals surface area contributed by atoms with Crippen LogP contribution in [0.5, 0.6) is 0 Å². The molecule has 0 radical (unpaired) electrons. The van der Waals surface area contributed by atoms with Crippen molar-refractivity contribution in [2.75, 3.05) is 11.9 Å². The van der Waals surface area contributed by atoms with E-state index in [1.54, 1.807) is 11.9 Å². The van der Waals surface area contributed by atoms with Crippen molar-refractivity contribution in [3.63, 3.8) is 0 Å². The standard InChI is InChI=1S/C15H21NO3/c1-11(2)12-7-4-5-8-13(12)16(3)14(17)9-6-10-15(18)19/h4-5,7-8,11H,6,9-10H2,1-3H3,(H,18,19). The Morgan fingerprint density at radius 3 is 2.42 bits per heavy atom. The number of anilines is 1. The van der Waals surface area contributed by atoms with E-state index in [9.17, 15) is 9.59 Å². The molecule has 0 aliphatic rings. The van der Waals surface area contributed by atoms with Gasteiger partial charge in [-0.15, -0.1) is 0 Å². The molecular formula is C15H21NO3. The van der Waals surface area contributed by atoms with Crippen LogP contribution in [0.15, 0.2) is 24.3 Å². The molecule has 0 fully saturated rings. The highest BCUT2D eigenvalue weighted by molar-refractivity contribution is 5.93. The normalized spacial score (nSPS) is 10.5. The van der Waals surface area contributed by atoms with Crippen molar-refractivity contribution in [1.29, 1.82) is 0 Å². The summed E-state index contributed by atoms with van der Waals surface area (Å²) >= 11 is 0. The number of carboxylic acid groups (broad SMARTS) is 1. The molecule has 4 heteroatoms. The van der Waals surface area contributed by atoms with Gasteiger partial charge in [0, 0.05) is 25.6 Å². The molecule has 19 heavy (non-hydrogen) atoms. The monoisotopic (exact) mass is 263 g/mol. The summed E-state index contributed by atoms with van der Waals surface area (Å²) < 4.78 is 0. The second-order valence-electron chi connectivity index (χ2n) is 4.91. The van der Waals surface area contributed by atoms with E-state index in [1.807, 2.05) is 24.3 Å². The lowest BCUT2D eigenvalue weighted by Crippen LogP contribution is -2.27. The van der Waals surface area contributed by atoms with Crippen LogP contribution < -0.4 is 4.90 Å². The van der Waals surface area contributed by atoms with Gasteiger partial charge in [0.2, 0.25) is 5.91 Å². The molecule has 0 aliphatic heterocycles. The predicted octanol–water partition coefficient (Wildman–Crippen LogP) is 3.03. The van der Waals surface area contributed by atoms with E-state index in [-0.39, 0.29) is 18.7 Å². The summed E-state index contributed by atoms with van der Waals surface area (Å²) in [4.78, 5) is 24.1. The number of rotatable bonds is 6. The van der Waals surface area contributed by atoms with E-state index < -0.39 is 5.97 Å². The molecule has 0 saturated heterocycles. The fourth-order valence-corrected chi connectivity index (χ4v) is 1.97. The van der Waals surface area contributed by atoms with E-state index in [1.165, 1.54) is 0 Å². The summed E-state index contributed by atoms with van der Waals surface area (Å²) in [5, 5.41) is 8.57. The van der Waals surface area contributed by atoms with Gasteiger partial charge in [0.1, 0.15) is 0 Å². The second kappa shape index (κ2) is 6.92. The molecule has 0 heterocycles. The minimum absolute atomic E-state index is 0.0331. The summed E-state index contributed by atoms with van der Waals surface area (Å²) in [6.45, 7) is 4.17. The van der Waals surface area contributed by atoms with Crippen LogP contribution in [-0.4, -0.2) is 24.0 Å². The molecule has 0 unspecified atom stereocenters. The first-order valence-electron chi connectivity index (χ1n) is 6.50. The molecule has 0 spiro atoms. The summed E-state index contributed by atoms with van der Waals surface area (Å²) in [5.74, 6) is -0.571. The Morgan fingerprint density at radius 2 is 1.84 bits per heavy atom. The molecule has 0 bridgehead atoms. The lowest BCUT2D eigenvalue weighted by atomic mass is 10.0. The first-order chi connectivity index (χ1) is 8.93. The minimum atomic E-state index is -0.863. The van der Waals surface area contributed by atoms with Gasteiger partial charge in [-0.25, -0.2) is 0 Å². The second-order valence-corrected chi connectivity index (χ2v) is 4.91. The maximum Gasteiger partial charge on any atom is 0.303 e. The first-order valence-corrected chi connectivity index (χ1v) is 6.50. The molecule has 0 saturated carbocycles.